The molecule has 7 heteroatoms. The molecule has 1 aromatic carbocycles. The Labute approximate surface area is 166 Å². The van der Waals surface area contributed by atoms with E-state index in [4.69, 9.17) is 9.72 Å². The molecule has 3 aromatic rings. The number of aromatic hydroxyl groups is 1. The van der Waals surface area contributed by atoms with Crippen molar-refractivity contribution in [2.24, 2.45) is 0 Å². The summed E-state index contributed by atoms with van der Waals surface area (Å²) < 4.78 is 6.73. The number of carbonyl (C=O) groups excluding carboxylic acids is 1. The molecule has 2 aliphatic heterocycles. The third-order valence-electron chi connectivity index (χ3n) is 6.14. The summed E-state index contributed by atoms with van der Waals surface area (Å²) in [6, 6.07) is 6.75. The van der Waals surface area contributed by atoms with Crippen LogP contribution >= 0.6 is 0 Å². The molecular weight excluding hydrogens is 378 g/mol. The monoisotopic (exact) mass is 398 g/mol. The van der Waals surface area contributed by atoms with E-state index in [2.05, 4.69) is 0 Å². The number of phenols is 1. The normalized spacial score (nSPS) is 19.6. The first-order valence-electron chi connectivity index (χ1n) is 9.70. The van der Waals surface area contributed by atoms with Gasteiger partial charge in [-0.15, -0.1) is 0 Å². The lowest BCUT2D eigenvalue weighted by Gasteiger charge is -2.31. The van der Waals surface area contributed by atoms with E-state index in [0.717, 1.165) is 22.0 Å². The topological polar surface area (TPSA) is 102 Å². The van der Waals surface area contributed by atoms with Gasteiger partial charge in [0.25, 0.3) is 5.56 Å². The van der Waals surface area contributed by atoms with E-state index < -0.39 is 11.6 Å². The van der Waals surface area contributed by atoms with Crippen LogP contribution < -0.4 is 5.56 Å². The molecule has 0 radical (unpaired) electrons. The van der Waals surface area contributed by atoms with Crippen molar-refractivity contribution in [3.8, 4) is 17.1 Å². The van der Waals surface area contributed by atoms with Crippen LogP contribution in [0.25, 0.3) is 22.3 Å². The Morgan fingerprint density at radius 3 is 2.72 bits per heavy atom. The molecule has 0 spiro atoms. The molecule has 7 nitrogen and oxygen atoms in total. The zero-order valence-electron chi connectivity index (χ0n) is 16.2. The molecule has 0 saturated carbocycles. The number of hydrogen-bond acceptors (Lipinski definition) is 6. The minimum absolute atomic E-state index is 0.110. The van der Waals surface area contributed by atoms with Crippen molar-refractivity contribution >= 4 is 16.9 Å². The number of ether oxygens (including phenoxy) is 1. The van der Waals surface area contributed by atoms with Gasteiger partial charge in [0.1, 0.15) is 12.4 Å². The van der Waals surface area contributed by atoms with Crippen LogP contribution in [0.4, 0.5) is 0 Å². The van der Waals surface area contributed by atoms with Crippen LogP contribution in [-0.2, 0) is 34.7 Å². The number of aryl methyl sites for hydroxylation is 1. The molecule has 4 heterocycles. The second-order valence-corrected chi connectivity index (χ2v) is 7.58. The zero-order valence-corrected chi connectivity index (χ0v) is 16.2. The lowest BCUT2D eigenvalue weighted by atomic mass is 9.86. The Hall–Kier alpha value is -3.19. The maximum absolute atomic E-state index is 13.2. The summed E-state index contributed by atoms with van der Waals surface area (Å²) in [7, 11) is 0. The number of nitrogens with zero attached hydrogens (tertiary/aromatic N) is 2. The van der Waals surface area contributed by atoms with Crippen LogP contribution in [0, 0.1) is 0 Å². The smallest absolute Gasteiger partial charge is 0.343 e. The molecule has 1 atom stereocenters. The quantitative estimate of drug-likeness (QED) is 0.503. The lowest BCUT2D eigenvalue weighted by Crippen LogP contribution is -2.44. The summed E-state index contributed by atoms with van der Waals surface area (Å²) >= 11 is 0. The molecule has 0 bridgehead atoms. The lowest BCUT2D eigenvalue weighted by molar-refractivity contribution is -0.172. The van der Waals surface area contributed by atoms with E-state index in [0.29, 0.717) is 35.5 Å². The molecule has 0 fully saturated rings. The highest BCUT2D eigenvalue weighted by atomic mass is 16.6. The summed E-state index contributed by atoms with van der Waals surface area (Å²) in [5.74, 6) is -0.563. The van der Waals surface area contributed by atoms with Crippen LogP contribution in [-0.4, -0.2) is 25.7 Å². The van der Waals surface area contributed by atoms with E-state index in [-0.39, 0.29) is 24.3 Å². The highest BCUT2D eigenvalue weighted by molar-refractivity contribution is 5.89. The summed E-state index contributed by atoms with van der Waals surface area (Å²) in [4.78, 5) is 30.2. The van der Waals surface area contributed by atoms with Crippen molar-refractivity contribution in [1.29, 1.82) is 0 Å². The third kappa shape index (κ3) is 2.25. The molecular formula is C22H20N2O5. The number of phenolic OH excluding ortho intramolecular Hbond substituents is 1. The first-order chi connectivity index (χ1) is 13.9. The number of cyclic esters (lactones) is 1. The van der Waals surface area contributed by atoms with Gasteiger partial charge in [0.05, 0.1) is 29.0 Å². The van der Waals surface area contributed by atoms with Gasteiger partial charge in [-0.25, -0.2) is 9.78 Å². The van der Waals surface area contributed by atoms with Gasteiger partial charge in [-0.3, -0.25) is 4.79 Å². The minimum Gasteiger partial charge on any atom is -0.508 e. The standard InChI is InChI=1S/C22H20N2O5/c1-3-12-13-7-11(25)5-6-17(13)23-19-14(12)9-24-18(19)8-16-15(20(24)26)10-29-21(27)22(16,28)4-2/h5-8,25,28H,3-4,9-10H2,1-2H3/t22-/m0/s1/i5+1,6+1,7+1,11+1,13+1,17+1. The van der Waals surface area contributed by atoms with Crippen LogP contribution in [0.1, 0.15) is 42.5 Å². The molecule has 0 saturated heterocycles. The summed E-state index contributed by atoms with van der Waals surface area (Å²) in [6.07, 6.45) is 0.826. The second-order valence-electron chi connectivity index (χ2n) is 7.58. The summed E-state index contributed by atoms with van der Waals surface area (Å²) in [6.45, 7) is 3.92. The molecule has 5 rings (SSSR count). The number of carbonyl (C=O) groups is 1. The van der Waals surface area contributed by atoms with Gasteiger partial charge in [0, 0.05) is 16.5 Å². The number of pyridine rings is 2. The molecule has 2 aliphatic rings. The molecule has 2 N–H and O–H groups in total. The number of fused-ring (bicyclic) bond motifs is 5. The van der Waals surface area contributed by atoms with Crippen LogP contribution in [0.2, 0.25) is 0 Å². The molecule has 0 amide bonds. The van der Waals surface area contributed by atoms with Crippen molar-refractivity contribution in [1.82, 2.24) is 9.55 Å². The van der Waals surface area contributed by atoms with E-state index in [9.17, 15) is 19.8 Å². The first-order valence-corrected chi connectivity index (χ1v) is 9.70. The molecule has 2 aromatic heterocycles. The van der Waals surface area contributed by atoms with Gasteiger partial charge in [-0.1, -0.05) is 13.8 Å². The van der Waals surface area contributed by atoms with Crippen LogP contribution in [0.3, 0.4) is 0 Å². The van der Waals surface area contributed by atoms with E-state index in [1.807, 2.05) is 6.92 Å². The number of rotatable bonds is 2. The average molecular weight is 398 g/mol. The van der Waals surface area contributed by atoms with Gasteiger partial charge >= 0.3 is 5.97 Å². The fourth-order valence-electron chi connectivity index (χ4n) is 4.55. The molecule has 148 valence electrons. The highest BCUT2D eigenvalue weighted by Crippen LogP contribution is 2.40. The average Bonchev–Trinajstić information content (AvgIpc) is 3.08. The van der Waals surface area contributed by atoms with Crippen LogP contribution in [0.15, 0.2) is 29.1 Å². The minimum atomic E-state index is -1.83. The van der Waals surface area contributed by atoms with Crippen molar-refractivity contribution in [2.75, 3.05) is 0 Å². The van der Waals surface area contributed by atoms with E-state index in [1.165, 1.54) is 0 Å². The van der Waals surface area contributed by atoms with Gasteiger partial charge in [0.2, 0.25) is 0 Å². The van der Waals surface area contributed by atoms with Gasteiger partial charge in [-0.2, -0.15) is 0 Å². The molecule has 29 heavy (non-hydrogen) atoms. The fraction of sp³-hybridized carbons (Fsp3) is 0.318. The third-order valence-corrected chi connectivity index (χ3v) is 6.14. The Balaban J connectivity index is 1.84. The Morgan fingerprint density at radius 1 is 1.21 bits per heavy atom. The zero-order chi connectivity index (χ0) is 20.5. The number of hydrogen-bond donors (Lipinski definition) is 2. The van der Waals surface area contributed by atoms with Crippen molar-refractivity contribution < 1.29 is 19.7 Å². The van der Waals surface area contributed by atoms with Gasteiger partial charge in [0.15, 0.2) is 5.60 Å². The Kier molecular flexibility index (Phi) is 3.64. The SMILES string of the molecule is CCc1c2c(n[13c]3[13cH][13cH][13c](O)[13cH][13c]13)-c1cc3c(c(=O)n1C2)COC(=O)[C@]3(O)CC. The van der Waals surface area contributed by atoms with Crippen LogP contribution in [0.5, 0.6) is 5.75 Å². The van der Waals surface area contributed by atoms with Gasteiger partial charge in [-0.05, 0) is 42.7 Å². The van der Waals surface area contributed by atoms with E-state index >= 15 is 0 Å². The number of aromatic nitrogens is 2. The molecule has 0 aliphatic carbocycles. The Morgan fingerprint density at radius 2 is 2.00 bits per heavy atom. The predicted octanol–water partition coefficient (Wildman–Crippen LogP) is 2.35. The Bertz CT molecular complexity index is 1280. The van der Waals surface area contributed by atoms with Crippen molar-refractivity contribution in [3.05, 3.63) is 56.9 Å². The maximum atomic E-state index is 13.2. The van der Waals surface area contributed by atoms with Crippen molar-refractivity contribution in [2.45, 2.75) is 45.4 Å². The predicted molar refractivity (Wildman–Crippen MR) is 106 cm³/mol. The maximum Gasteiger partial charge on any atom is 0.343 e. The number of esters is 1. The second kappa shape index (κ2) is 5.90. The number of benzene rings is 1. The fourth-order valence-corrected chi connectivity index (χ4v) is 4.55. The highest BCUT2D eigenvalue weighted by Gasteiger charge is 2.45. The first kappa shape index (κ1) is 17.9. The summed E-state index contributed by atoms with van der Waals surface area (Å²) in [5, 5.41) is 21.7. The largest absolute Gasteiger partial charge is 0.508 e. The van der Waals surface area contributed by atoms with Crippen molar-refractivity contribution in [3.63, 3.8) is 0 Å². The van der Waals surface area contributed by atoms with Gasteiger partial charge < -0.3 is 19.5 Å². The summed E-state index contributed by atoms with van der Waals surface area (Å²) in [5.41, 5.74) is 2.47. The number of aliphatic hydroxyl groups is 1. The van der Waals surface area contributed by atoms with E-state index in [1.54, 1.807) is 35.8 Å². The molecule has 0 unspecified atom stereocenters.